The molecule has 0 aromatic heterocycles. The number of carbonyl (C=O) groups is 1. The molecule has 4 aromatic rings. The Balaban J connectivity index is 1.63. The van der Waals surface area contributed by atoms with Crippen LogP contribution in [0, 0.1) is 0 Å². The van der Waals surface area contributed by atoms with Crippen molar-refractivity contribution in [1.82, 2.24) is 0 Å². The first-order valence-electron chi connectivity index (χ1n) is 10.4. The van der Waals surface area contributed by atoms with Crippen molar-refractivity contribution in [2.24, 2.45) is 0 Å². The van der Waals surface area contributed by atoms with Crippen LogP contribution in [-0.2, 0) is 16.0 Å². The fraction of sp³-hybridized carbons (Fsp3) is 0.107. The number of hydrogen-bond acceptors (Lipinski definition) is 3. The van der Waals surface area contributed by atoms with Gasteiger partial charge in [0.25, 0.3) is 0 Å². The molecule has 3 heteroatoms. The molecule has 0 fully saturated rings. The van der Waals surface area contributed by atoms with E-state index in [9.17, 15) is 4.79 Å². The maximum atomic E-state index is 11.4. The lowest BCUT2D eigenvalue weighted by molar-refractivity contribution is -0.140. The number of esters is 1. The highest BCUT2D eigenvalue weighted by atomic mass is 16.5. The van der Waals surface area contributed by atoms with E-state index in [1.165, 1.54) is 18.2 Å². The molecule has 0 heterocycles. The summed E-state index contributed by atoms with van der Waals surface area (Å²) in [5.41, 5.74) is 6.76. The molecule has 4 rings (SSSR count). The van der Waals surface area contributed by atoms with Gasteiger partial charge < -0.3 is 9.64 Å². The van der Waals surface area contributed by atoms with E-state index in [2.05, 4.69) is 89.8 Å². The van der Waals surface area contributed by atoms with Gasteiger partial charge in [0.1, 0.15) is 0 Å². The van der Waals surface area contributed by atoms with Crippen LogP contribution in [0.2, 0.25) is 0 Å². The highest BCUT2D eigenvalue weighted by Crippen LogP contribution is 2.35. The van der Waals surface area contributed by atoms with Gasteiger partial charge in [-0.25, -0.2) is 0 Å². The van der Waals surface area contributed by atoms with Gasteiger partial charge in [-0.3, -0.25) is 4.79 Å². The number of hydrogen-bond donors (Lipinski definition) is 0. The van der Waals surface area contributed by atoms with Crippen molar-refractivity contribution < 1.29 is 9.53 Å². The maximum Gasteiger partial charge on any atom is 0.305 e. The first-order chi connectivity index (χ1) is 15.2. The van der Waals surface area contributed by atoms with Crippen LogP contribution in [0.1, 0.15) is 12.0 Å². The fourth-order valence-corrected chi connectivity index (χ4v) is 3.62. The normalized spacial score (nSPS) is 10.5. The van der Waals surface area contributed by atoms with E-state index < -0.39 is 0 Å². The second-order valence-electron chi connectivity index (χ2n) is 7.33. The molecule has 0 aliphatic carbocycles. The zero-order valence-corrected chi connectivity index (χ0v) is 17.6. The average molecular weight is 408 g/mol. The van der Waals surface area contributed by atoms with Crippen LogP contribution >= 0.6 is 0 Å². The third kappa shape index (κ3) is 5.01. The van der Waals surface area contributed by atoms with Gasteiger partial charge in [-0.1, -0.05) is 72.8 Å². The summed E-state index contributed by atoms with van der Waals surface area (Å²) in [6.45, 7) is 0. The Morgan fingerprint density at radius 2 is 1.13 bits per heavy atom. The van der Waals surface area contributed by atoms with Crippen molar-refractivity contribution in [1.29, 1.82) is 0 Å². The Hall–Kier alpha value is -3.85. The number of carbonyl (C=O) groups excluding carboxylic acids is 1. The minimum Gasteiger partial charge on any atom is -0.469 e. The molecule has 0 spiro atoms. The Morgan fingerprint density at radius 3 is 1.71 bits per heavy atom. The molecule has 0 radical (unpaired) electrons. The number of methoxy groups -OCH3 is 1. The lowest BCUT2D eigenvalue weighted by atomic mass is 10.0. The summed E-state index contributed by atoms with van der Waals surface area (Å²) in [7, 11) is 1.42. The third-order valence-electron chi connectivity index (χ3n) is 5.29. The van der Waals surface area contributed by atoms with Crippen LogP contribution in [0.5, 0.6) is 0 Å². The van der Waals surface area contributed by atoms with Crippen molar-refractivity contribution in [2.45, 2.75) is 12.8 Å². The predicted octanol–water partition coefficient (Wildman–Crippen LogP) is 6.93. The Labute approximate surface area is 183 Å². The third-order valence-corrected chi connectivity index (χ3v) is 5.29. The molecule has 0 saturated carbocycles. The number of ether oxygens (including phenoxy) is 1. The summed E-state index contributed by atoms with van der Waals surface area (Å²) in [5, 5.41) is 0. The number of benzene rings is 4. The summed E-state index contributed by atoms with van der Waals surface area (Å²) in [6.07, 6.45) is 1.06. The SMILES string of the molecule is COC(=O)CCc1ccc(N(c2ccccc2)c2ccc(-c3ccccc3)cc2)cc1. The molecule has 0 amide bonds. The van der Waals surface area contributed by atoms with Gasteiger partial charge in [-0.2, -0.15) is 0 Å². The highest BCUT2D eigenvalue weighted by Gasteiger charge is 2.12. The predicted molar refractivity (Wildman–Crippen MR) is 127 cm³/mol. The van der Waals surface area contributed by atoms with E-state index in [-0.39, 0.29) is 5.97 Å². The molecule has 3 nitrogen and oxygen atoms in total. The van der Waals surface area contributed by atoms with Gasteiger partial charge in [-0.15, -0.1) is 0 Å². The van der Waals surface area contributed by atoms with Crippen LogP contribution in [0.15, 0.2) is 109 Å². The standard InChI is InChI=1S/C28H25NO2/c1-31-28(30)21-14-22-12-17-26(18-13-22)29(25-10-6-3-7-11-25)27-19-15-24(16-20-27)23-8-4-2-5-9-23/h2-13,15-20H,14,21H2,1H3. The minimum atomic E-state index is -0.187. The number of nitrogens with zero attached hydrogens (tertiary/aromatic N) is 1. The number of para-hydroxylation sites is 1. The number of rotatable bonds is 7. The molecule has 0 saturated heterocycles. The van der Waals surface area contributed by atoms with E-state index in [1.807, 2.05) is 24.3 Å². The molecule has 0 aliphatic rings. The van der Waals surface area contributed by atoms with Crippen LogP contribution < -0.4 is 4.90 Å². The van der Waals surface area contributed by atoms with Crippen LogP contribution in [0.4, 0.5) is 17.1 Å². The molecule has 0 unspecified atom stereocenters. The van der Waals surface area contributed by atoms with Crippen LogP contribution in [0.3, 0.4) is 0 Å². The van der Waals surface area contributed by atoms with E-state index >= 15 is 0 Å². The van der Waals surface area contributed by atoms with E-state index in [4.69, 9.17) is 4.74 Å². The number of anilines is 3. The van der Waals surface area contributed by atoms with Gasteiger partial charge in [-0.05, 0) is 59.5 Å². The molecule has 0 bridgehead atoms. The quantitative estimate of drug-likeness (QED) is 0.311. The van der Waals surface area contributed by atoms with E-state index in [0.717, 1.165) is 22.6 Å². The van der Waals surface area contributed by atoms with Crippen LogP contribution in [0.25, 0.3) is 11.1 Å². The topological polar surface area (TPSA) is 29.5 Å². The monoisotopic (exact) mass is 407 g/mol. The Bertz CT molecular complexity index is 1110. The summed E-state index contributed by atoms with van der Waals surface area (Å²) in [4.78, 5) is 13.7. The Kier molecular flexibility index (Phi) is 6.44. The summed E-state index contributed by atoms with van der Waals surface area (Å²) < 4.78 is 4.74. The van der Waals surface area contributed by atoms with Crippen LogP contribution in [-0.4, -0.2) is 13.1 Å². The fourth-order valence-electron chi connectivity index (χ4n) is 3.62. The molecule has 4 aromatic carbocycles. The van der Waals surface area contributed by atoms with Gasteiger partial charge in [0.05, 0.1) is 7.11 Å². The summed E-state index contributed by atoms with van der Waals surface area (Å²) >= 11 is 0. The van der Waals surface area contributed by atoms with Gasteiger partial charge in [0.15, 0.2) is 0 Å². The lowest BCUT2D eigenvalue weighted by Crippen LogP contribution is -2.10. The van der Waals surface area contributed by atoms with Gasteiger partial charge in [0.2, 0.25) is 0 Å². The second kappa shape index (κ2) is 9.77. The van der Waals surface area contributed by atoms with Gasteiger partial charge in [0, 0.05) is 23.5 Å². The van der Waals surface area contributed by atoms with E-state index in [1.54, 1.807) is 0 Å². The molecular weight excluding hydrogens is 382 g/mol. The highest BCUT2D eigenvalue weighted by molar-refractivity contribution is 5.78. The maximum absolute atomic E-state index is 11.4. The van der Waals surface area contributed by atoms with Crippen molar-refractivity contribution >= 4 is 23.0 Å². The summed E-state index contributed by atoms with van der Waals surface area (Å²) in [5.74, 6) is -0.187. The molecule has 0 atom stereocenters. The molecular formula is C28H25NO2. The molecule has 0 N–H and O–H groups in total. The Morgan fingerprint density at radius 1 is 0.645 bits per heavy atom. The first-order valence-corrected chi connectivity index (χ1v) is 10.4. The molecule has 0 aliphatic heterocycles. The average Bonchev–Trinajstić information content (AvgIpc) is 2.85. The zero-order chi connectivity index (χ0) is 21.5. The zero-order valence-electron chi connectivity index (χ0n) is 17.6. The van der Waals surface area contributed by atoms with Crippen molar-refractivity contribution in [3.63, 3.8) is 0 Å². The first kappa shape index (κ1) is 20.4. The smallest absolute Gasteiger partial charge is 0.305 e. The van der Waals surface area contributed by atoms with Crippen molar-refractivity contribution in [3.8, 4) is 11.1 Å². The van der Waals surface area contributed by atoms with E-state index in [0.29, 0.717) is 12.8 Å². The molecule has 31 heavy (non-hydrogen) atoms. The second-order valence-corrected chi connectivity index (χ2v) is 7.33. The van der Waals surface area contributed by atoms with Crippen molar-refractivity contribution in [2.75, 3.05) is 12.0 Å². The minimum absolute atomic E-state index is 0.187. The largest absolute Gasteiger partial charge is 0.469 e. The molecule has 154 valence electrons. The summed E-state index contributed by atoms with van der Waals surface area (Å²) in [6, 6.07) is 37.7. The number of aryl methyl sites for hydroxylation is 1. The van der Waals surface area contributed by atoms with Crippen molar-refractivity contribution in [3.05, 3.63) is 115 Å². The van der Waals surface area contributed by atoms with Gasteiger partial charge >= 0.3 is 5.97 Å². The lowest BCUT2D eigenvalue weighted by Gasteiger charge is -2.26.